The molecule has 0 spiro atoms. The molecule has 1 aliphatic heterocycles. The van der Waals surface area contributed by atoms with E-state index >= 15 is 0 Å². The maximum atomic E-state index is 13.4. The Bertz CT molecular complexity index is 1440. The van der Waals surface area contributed by atoms with Gasteiger partial charge in [-0.25, -0.2) is 4.99 Å². The number of thiophene rings is 1. The van der Waals surface area contributed by atoms with Crippen LogP contribution in [0.25, 0.3) is 6.08 Å². The molecule has 4 heterocycles. The number of fused-ring (bicyclic) bond motifs is 1. The third-order valence-corrected chi connectivity index (χ3v) is 6.86. The van der Waals surface area contributed by atoms with Crippen LogP contribution < -0.4 is 20.2 Å². The van der Waals surface area contributed by atoms with Crippen LogP contribution in [-0.4, -0.2) is 10.5 Å². The van der Waals surface area contributed by atoms with Gasteiger partial charge in [0.25, 0.3) is 11.5 Å². The number of amides is 1. The molecule has 0 bridgehead atoms. The Hall–Kier alpha value is -3.49. The lowest BCUT2D eigenvalue weighted by Crippen LogP contribution is -2.40. The van der Waals surface area contributed by atoms with Gasteiger partial charge in [-0.1, -0.05) is 35.6 Å². The van der Waals surface area contributed by atoms with E-state index in [1.165, 1.54) is 22.7 Å². The summed E-state index contributed by atoms with van der Waals surface area (Å²) in [5.74, 6) is -0.269. The molecule has 5 rings (SSSR count). The van der Waals surface area contributed by atoms with E-state index in [1.54, 1.807) is 29.2 Å². The minimum absolute atomic E-state index is 0.180. The Balaban J connectivity index is 1.66. The van der Waals surface area contributed by atoms with E-state index in [0.717, 1.165) is 10.4 Å². The quantitative estimate of drug-likeness (QED) is 0.520. The van der Waals surface area contributed by atoms with Crippen molar-refractivity contribution < 1.29 is 9.21 Å². The summed E-state index contributed by atoms with van der Waals surface area (Å²) < 4.78 is 7.27. The van der Waals surface area contributed by atoms with E-state index < -0.39 is 6.04 Å². The molecule has 1 aliphatic rings. The predicted octanol–water partition coefficient (Wildman–Crippen LogP) is 3.53. The number of furan rings is 1. The first-order valence-electron chi connectivity index (χ1n) is 9.56. The van der Waals surface area contributed by atoms with Gasteiger partial charge in [-0.15, -0.1) is 11.3 Å². The molecule has 1 N–H and O–H groups in total. The second kappa shape index (κ2) is 7.98. The van der Waals surface area contributed by atoms with Crippen LogP contribution in [0.1, 0.15) is 23.4 Å². The molecule has 31 heavy (non-hydrogen) atoms. The maximum absolute atomic E-state index is 13.4. The van der Waals surface area contributed by atoms with Gasteiger partial charge < -0.3 is 9.73 Å². The van der Waals surface area contributed by atoms with Crippen LogP contribution in [-0.2, 0) is 4.79 Å². The standard InChI is InChI=1S/C23H17N3O3S2/c1-14-19(21(27)25-16-6-3-2-4-7-16)20(17-8-5-11-30-17)26-22(28)18(31-23(26)24-14)12-15-9-10-29-13-15/h2-13,20H,1H3,(H,25,27). The lowest BCUT2D eigenvalue weighted by Gasteiger charge is -2.24. The second-order valence-corrected chi connectivity index (χ2v) is 8.96. The van der Waals surface area contributed by atoms with E-state index in [0.29, 0.717) is 26.3 Å². The van der Waals surface area contributed by atoms with Gasteiger partial charge in [0.1, 0.15) is 6.04 Å². The summed E-state index contributed by atoms with van der Waals surface area (Å²) in [5.41, 5.74) is 2.38. The molecule has 0 saturated heterocycles. The van der Waals surface area contributed by atoms with Gasteiger partial charge in [-0.3, -0.25) is 14.2 Å². The second-order valence-electron chi connectivity index (χ2n) is 6.97. The van der Waals surface area contributed by atoms with Crippen molar-refractivity contribution in [3.8, 4) is 0 Å². The highest BCUT2D eigenvalue weighted by Gasteiger charge is 2.33. The smallest absolute Gasteiger partial charge is 0.271 e. The number of rotatable bonds is 4. The van der Waals surface area contributed by atoms with Crippen molar-refractivity contribution in [1.82, 2.24) is 4.57 Å². The first kappa shape index (κ1) is 19.5. The Morgan fingerprint density at radius 1 is 1.19 bits per heavy atom. The van der Waals surface area contributed by atoms with Crippen LogP contribution in [0.4, 0.5) is 5.69 Å². The summed E-state index contributed by atoms with van der Waals surface area (Å²) in [6.07, 6.45) is 4.92. The highest BCUT2D eigenvalue weighted by Crippen LogP contribution is 2.33. The normalized spacial score (nSPS) is 16.2. The number of carbonyl (C=O) groups is 1. The molecule has 1 unspecified atom stereocenters. The van der Waals surface area contributed by atoms with E-state index in [2.05, 4.69) is 10.3 Å². The number of hydrogen-bond acceptors (Lipinski definition) is 6. The van der Waals surface area contributed by atoms with Gasteiger partial charge in [0.05, 0.1) is 28.3 Å². The van der Waals surface area contributed by atoms with Gasteiger partial charge in [0.2, 0.25) is 0 Å². The number of thiazole rings is 1. The largest absolute Gasteiger partial charge is 0.472 e. The van der Waals surface area contributed by atoms with Crippen molar-refractivity contribution in [1.29, 1.82) is 0 Å². The van der Waals surface area contributed by atoms with Crippen LogP contribution in [0, 0.1) is 0 Å². The van der Waals surface area contributed by atoms with Gasteiger partial charge in [-0.2, -0.15) is 0 Å². The van der Waals surface area contributed by atoms with Crippen LogP contribution in [0.5, 0.6) is 0 Å². The molecule has 1 atom stereocenters. The Morgan fingerprint density at radius 3 is 2.74 bits per heavy atom. The van der Waals surface area contributed by atoms with Crippen LogP contribution in [0.15, 0.2) is 91.9 Å². The molecule has 154 valence electrons. The van der Waals surface area contributed by atoms with E-state index in [9.17, 15) is 9.59 Å². The molecular weight excluding hydrogens is 430 g/mol. The van der Waals surface area contributed by atoms with Crippen molar-refractivity contribution in [2.24, 2.45) is 4.99 Å². The summed E-state index contributed by atoms with van der Waals surface area (Å²) in [5, 5.41) is 4.89. The third kappa shape index (κ3) is 3.60. The fourth-order valence-electron chi connectivity index (χ4n) is 3.56. The fraction of sp³-hybridized carbons (Fsp3) is 0.0870. The first-order valence-corrected chi connectivity index (χ1v) is 11.3. The number of aromatic nitrogens is 1. The number of hydrogen-bond donors (Lipinski definition) is 1. The van der Waals surface area contributed by atoms with Gasteiger partial charge in [0.15, 0.2) is 4.80 Å². The lowest BCUT2D eigenvalue weighted by atomic mass is 10.0. The van der Waals surface area contributed by atoms with E-state index in [1.807, 2.05) is 54.8 Å². The van der Waals surface area contributed by atoms with Crippen molar-refractivity contribution in [2.45, 2.75) is 13.0 Å². The molecule has 3 aromatic heterocycles. The molecule has 0 fully saturated rings. The van der Waals surface area contributed by atoms with Crippen LogP contribution >= 0.6 is 22.7 Å². The molecule has 0 aliphatic carbocycles. The van der Waals surface area contributed by atoms with E-state index in [4.69, 9.17) is 4.42 Å². The van der Waals surface area contributed by atoms with E-state index in [-0.39, 0.29) is 11.5 Å². The summed E-state index contributed by atoms with van der Waals surface area (Å²) >= 11 is 2.82. The minimum Gasteiger partial charge on any atom is -0.472 e. The summed E-state index contributed by atoms with van der Waals surface area (Å²) in [4.78, 5) is 32.8. The zero-order valence-corrected chi connectivity index (χ0v) is 18.1. The molecule has 4 aromatic rings. The predicted molar refractivity (Wildman–Crippen MR) is 122 cm³/mol. The topological polar surface area (TPSA) is 76.6 Å². The van der Waals surface area contributed by atoms with Crippen molar-refractivity contribution in [3.05, 3.63) is 108 Å². The van der Waals surface area contributed by atoms with Gasteiger partial charge in [0, 0.05) is 16.1 Å². The molecule has 0 saturated carbocycles. The zero-order valence-electron chi connectivity index (χ0n) is 16.4. The summed E-state index contributed by atoms with van der Waals surface area (Å²) in [7, 11) is 0. The first-order chi connectivity index (χ1) is 15.1. The fourth-order valence-corrected chi connectivity index (χ4v) is 5.43. The van der Waals surface area contributed by atoms with Gasteiger partial charge >= 0.3 is 0 Å². The molecule has 6 nitrogen and oxygen atoms in total. The number of benzene rings is 1. The monoisotopic (exact) mass is 447 g/mol. The number of nitrogens with one attached hydrogen (secondary N) is 1. The number of carbonyl (C=O) groups excluding carboxylic acids is 1. The minimum atomic E-state index is -0.536. The molecule has 1 aromatic carbocycles. The molecular formula is C23H17N3O3S2. The number of allylic oxidation sites excluding steroid dienone is 1. The summed E-state index contributed by atoms with van der Waals surface area (Å²) in [6.45, 7) is 1.81. The SMILES string of the molecule is CC1=C(C(=O)Nc2ccccc2)C(c2cccs2)n2c(sc(=Cc3ccoc3)c2=O)=N1. The highest BCUT2D eigenvalue weighted by atomic mass is 32.1. The zero-order chi connectivity index (χ0) is 21.4. The number of anilines is 1. The highest BCUT2D eigenvalue weighted by molar-refractivity contribution is 7.10. The molecule has 0 radical (unpaired) electrons. The maximum Gasteiger partial charge on any atom is 0.271 e. The summed E-state index contributed by atoms with van der Waals surface area (Å²) in [6, 6.07) is 14.4. The average Bonchev–Trinajstić information content (AvgIpc) is 3.51. The Morgan fingerprint density at radius 2 is 2.03 bits per heavy atom. The number of para-hydroxylation sites is 1. The molecule has 1 amide bonds. The van der Waals surface area contributed by atoms with Crippen molar-refractivity contribution in [3.63, 3.8) is 0 Å². The Kier molecular flexibility index (Phi) is 5.01. The number of nitrogens with zero attached hydrogens (tertiary/aromatic N) is 2. The average molecular weight is 448 g/mol. The van der Waals surface area contributed by atoms with Gasteiger partial charge in [-0.05, 0) is 42.6 Å². The van der Waals surface area contributed by atoms with Crippen LogP contribution in [0.3, 0.4) is 0 Å². The van der Waals surface area contributed by atoms with Crippen molar-refractivity contribution >= 4 is 40.3 Å². The Labute approximate surface area is 185 Å². The molecule has 8 heteroatoms. The van der Waals surface area contributed by atoms with Crippen LogP contribution in [0.2, 0.25) is 0 Å². The van der Waals surface area contributed by atoms with Crippen molar-refractivity contribution in [2.75, 3.05) is 5.32 Å². The lowest BCUT2D eigenvalue weighted by molar-refractivity contribution is -0.113. The third-order valence-electron chi connectivity index (χ3n) is 4.95.